The Balaban J connectivity index is 2.16. The molecule has 0 unspecified atom stereocenters. The van der Waals surface area contributed by atoms with E-state index in [0.717, 1.165) is 4.90 Å². The van der Waals surface area contributed by atoms with Gasteiger partial charge in [-0.1, -0.05) is 0 Å². The Morgan fingerprint density at radius 1 is 1.17 bits per heavy atom. The number of carbonyl (C=O) groups is 1. The van der Waals surface area contributed by atoms with Crippen LogP contribution in [0.15, 0.2) is 47.4 Å². The van der Waals surface area contributed by atoms with Gasteiger partial charge < -0.3 is 5.32 Å². The van der Waals surface area contributed by atoms with Crippen molar-refractivity contribution >= 4 is 24.2 Å². The van der Waals surface area contributed by atoms with E-state index in [-0.39, 0.29) is 11.7 Å². The molecule has 0 saturated heterocycles. The fourth-order valence-electron chi connectivity index (χ4n) is 1.54. The van der Waals surface area contributed by atoms with E-state index in [0.29, 0.717) is 16.8 Å². The molecule has 0 bridgehead atoms. The summed E-state index contributed by atoms with van der Waals surface area (Å²) >= 11 is 4.15. The predicted octanol–water partition coefficient (Wildman–Crippen LogP) is 3.68. The summed E-state index contributed by atoms with van der Waals surface area (Å²) in [6.07, 6.45) is 0. The molecule has 2 aromatic carbocycles. The normalized spacial score (nSPS) is 10.2. The minimum atomic E-state index is -0.285. The van der Waals surface area contributed by atoms with Gasteiger partial charge in [0, 0.05) is 16.1 Å². The lowest BCUT2D eigenvalue weighted by molar-refractivity contribution is 0.102. The van der Waals surface area contributed by atoms with Crippen LogP contribution in [0.1, 0.15) is 15.9 Å². The summed E-state index contributed by atoms with van der Waals surface area (Å²) in [6.45, 7) is 1.65. The van der Waals surface area contributed by atoms with Gasteiger partial charge in [-0.05, 0) is 55.0 Å². The lowest BCUT2D eigenvalue weighted by Crippen LogP contribution is -2.11. The second-order valence-corrected chi connectivity index (χ2v) is 4.48. The zero-order valence-electron chi connectivity index (χ0n) is 9.77. The molecule has 0 aliphatic heterocycles. The molecule has 1 amide bonds. The van der Waals surface area contributed by atoms with Crippen LogP contribution in [0.5, 0.6) is 0 Å². The number of amides is 1. The third kappa shape index (κ3) is 2.90. The van der Waals surface area contributed by atoms with Crippen LogP contribution in [0, 0.1) is 12.7 Å². The molecule has 0 aliphatic carbocycles. The van der Waals surface area contributed by atoms with Gasteiger partial charge in [-0.15, -0.1) is 12.6 Å². The Morgan fingerprint density at radius 2 is 1.83 bits per heavy atom. The van der Waals surface area contributed by atoms with Crippen molar-refractivity contribution in [2.24, 2.45) is 0 Å². The van der Waals surface area contributed by atoms with E-state index in [2.05, 4.69) is 17.9 Å². The molecule has 0 heterocycles. The van der Waals surface area contributed by atoms with E-state index >= 15 is 0 Å². The molecule has 2 rings (SSSR count). The molecule has 92 valence electrons. The maximum Gasteiger partial charge on any atom is 0.255 e. The number of rotatable bonds is 2. The minimum Gasteiger partial charge on any atom is -0.322 e. The van der Waals surface area contributed by atoms with Gasteiger partial charge in [0.25, 0.3) is 5.91 Å². The topological polar surface area (TPSA) is 29.1 Å². The average molecular weight is 261 g/mol. The van der Waals surface area contributed by atoms with Gasteiger partial charge >= 0.3 is 0 Å². The van der Waals surface area contributed by atoms with Crippen molar-refractivity contribution in [3.63, 3.8) is 0 Å². The van der Waals surface area contributed by atoms with Gasteiger partial charge in [-0.3, -0.25) is 4.79 Å². The highest BCUT2D eigenvalue weighted by Gasteiger charge is 2.06. The zero-order valence-corrected chi connectivity index (χ0v) is 10.7. The summed E-state index contributed by atoms with van der Waals surface area (Å²) in [5.41, 5.74) is 1.61. The fourth-order valence-corrected chi connectivity index (χ4v) is 1.69. The van der Waals surface area contributed by atoms with Crippen molar-refractivity contribution in [3.8, 4) is 0 Å². The maximum atomic E-state index is 13.1. The number of halogens is 1. The summed E-state index contributed by atoms with van der Waals surface area (Å²) in [5, 5.41) is 2.72. The summed E-state index contributed by atoms with van der Waals surface area (Å²) in [6, 6.07) is 11.3. The van der Waals surface area contributed by atoms with Crippen LogP contribution < -0.4 is 5.32 Å². The van der Waals surface area contributed by atoms with Crippen LogP contribution in [0.2, 0.25) is 0 Å². The van der Waals surface area contributed by atoms with E-state index < -0.39 is 0 Å². The monoisotopic (exact) mass is 261 g/mol. The van der Waals surface area contributed by atoms with Crippen LogP contribution in [-0.2, 0) is 0 Å². The first-order valence-corrected chi connectivity index (χ1v) is 5.87. The first-order valence-electron chi connectivity index (χ1n) is 5.43. The van der Waals surface area contributed by atoms with Crippen molar-refractivity contribution in [2.75, 3.05) is 5.32 Å². The highest BCUT2D eigenvalue weighted by molar-refractivity contribution is 7.80. The molecule has 1 N–H and O–H groups in total. The first-order chi connectivity index (χ1) is 8.56. The lowest BCUT2D eigenvalue weighted by Gasteiger charge is -2.06. The predicted molar refractivity (Wildman–Crippen MR) is 72.8 cm³/mol. The van der Waals surface area contributed by atoms with Crippen LogP contribution in [0.4, 0.5) is 10.1 Å². The fraction of sp³-hybridized carbons (Fsp3) is 0.0714. The average Bonchev–Trinajstić information content (AvgIpc) is 2.34. The van der Waals surface area contributed by atoms with Gasteiger partial charge in [0.05, 0.1) is 0 Å². The molecular formula is C14H12FNOS. The summed E-state index contributed by atoms with van der Waals surface area (Å²) in [4.78, 5) is 12.7. The molecule has 2 nitrogen and oxygen atoms in total. The number of carbonyl (C=O) groups excluding carboxylic acids is 1. The Bertz CT molecular complexity index is 581. The third-order valence-corrected chi connectivity index (χ3v) is 2.84. The molecule has 0 aliphatic rings. The Labute approximate surface area is 110 Å². The number of benzene rings is 2. The Morgan fingerprint density at radius 3 is 2.44 bits per heavy atom. The summed E-state index contributed by atoms with van der Waals surface area (Å²) in [7, 11) is 0. The third-order valence-electron chi connectivity index (χ3n) is 2.55. The quantitative estimate of drug-likeness (QED) is 0.793. The number of aryl methyl sites for hydroxylation is 1. The number of anilines is 1. The van der Waals surface area contributed by atoms with Gasteiger partial charge in [0.1, 0.15) is 5.82 Å². The molecule has 4 heteroatoms. The van der Waals surface area contributed by atoms with Gasteiger partial charge in [-0.25, -0.2) is 4.39 Å². The molecule has 0 fully saturated rings. The number of thiol groups is 1. The molecule has 2 aromatic rings. The van der Waals surface area contributed by atoms with Crippen LogP contribution in [0.3, 0.4) is 0 Å². The second kappa shape index (κ2) is 5.23. The largest absolute Gasteiger partial charge is 0.322 e. The minimum absolute atomic E-state index is 0.227. The van der Waals surface area contributed by atoms with E-state index in [4.69, 9.17) is 0 Å². The van der Waals surface area contributed by atoms with E-state index in [1.807, 2.05) is 0 Å². The smallest absolute Gasteiger partial charge is 0.255 e. The standard InChI is InChI=1S/C14H12FNOS/c1-9-8-11(4-7-13(9)15)16-14(17)10-2-5-12(18)6-3-10/h2-8,18H,1H3,(H,16,17). The summed E-state index contributed by atoms with van der Waals surface area (Å²) < 4.78 is 13.1. The molecule has 0 aromatic heterocycles. The lowest BCUT2D eigenvalue weighted by atomic mass is 10.2. The van der Waals surface area contributed by atoms with Crippen LogP contribution in [-0.4, -0.2) is 5.91 Å². The Hall–Kier alpha value is -1.81. The van der Waals surface area contributed by atoms with Crippen LogP contribution >= 0.6 is 12.6 Å². The second-order valence-electron chi connectivity index (χ2n) is 3.96. The number of nitrogens with one attached hydrogen (secondary N) is 1. The highest BCUT2D eigenvalue weighted by Crippen LogP contribution is 2.15. The molecular weight excluding hydrogens is 249 g/mol. The first kappa shape index (κ1) is 12.6. The highest BCUT2D eigenvalue weighted by atomic mass is 32.1. The number of hydrogen-bond donors (Lipinski definition) is 2. The van der Waals surface area contributed by atoms with Crippen molar-refractivity contribution in [1.29, 1.82) is 0 Å². The summed E-state index contributed by atoms with van der Waals surface area (Å²) in [5.74, 6) is -0.512. The molecule has 0 saturated carbocycles. The zero-order chi connectivity index (χ0) is 13.1. The molecule has 0 atom stereocenters. The van der Waals surface area contributed by atoms with Gasteiger partial charge in [-0.2, -0.15) is 0 Å². The SMILES string of the molecule is Cc1cc(NC(=O)c2ccc(S)cc2)ccc1F. The number of hydrogen-bond acceptors (Lipinski definition) is 2. The molecule has 0 radical (unpaired) electrons. The van der Waals surface area contributed by atoms with Crippen molar-refractivity contribution < 1.29 is 9.18 Å². The molecule has 0 spiro atoms. The van der Waals surface area contributed by atoms with Crippen LogP contribution in [0.25, 0.3) is 0 Å². The van der Waals surface area contributed by atoms with Gasteiger partial charge in [0.2, 0.25) is 0 Å². The maximum absolute atomic E-state index is 13.1. The van der Waals surface area contributed by atoms with E-state index in [1.54, 1.807) is 37.3 Å². The van der Waals surface area contributed by atoms with Crippen molar-refractivity contribution in [2.45, 2.75) is 11.8 Å². The molecule has 18 heavy (non-hydrogen) atoms. The van der Waals surface area contributed by atoms with E-state index in [9.17, 15) is 9.18 Å². The van der Waals surface area contributed by atoms with Crippen molar-refractivity contribution in [3.05, 3.63) is 59.4 Å². The van der Waals surface area contributed by atoms with E-state index in [1.165, 1.54) is 12.1 Å². The van der Waals surface area contributed by atoms with Crippen molar-refractivity contribution in [1.82, 2.24) is 0 Å². The Kier molecular flexibility index (Phi) is 3.67. The van der Waals surface area contributed by atoms with Gasteiger partial charge in [0.15, 0.2) is 0 Å².